The number of carbonyl (C=O) groups excluding carboxylic acids is 1. The van der Waals surface area contributed by atoms with Crippen molar-refractivity contribution in [3.05, 3.63) is 29.8 Å². The molecule has 0 heterocycles. The van der Waals surface area contributed by atoms with E-state index < -0.39 is 15.9 Å². The summed E-state index contributed by atoms with van der Waals surface area (Å²) in [6, 6.07) is 7.96. The van der Waals surface area contributed by atoms with Crippen LogP contribution in [0.4, 0.5) is 0 Å². The lowest BCUT2D eigenvalue weighted by molar-refractivity contribution is -0.122. The summed E-state index contributed by atoms with van der Waals surface area (Å²) in [6.07, 6.45) is 0.550. The van der Waals surface area contributed by atoms with Crippen molar-refractivity contribution in [2.75, 3.05) is 6.54 Å². The van der Waals surface area contributed by atoms with Crippen LogP contribution in [0.2, 0.25) is 0 Å². The molecule has 0 aliphatic heterocycles. The number of nitrogens with two attached hydrogens (primary N) is 1. The minimum absolute atomic E-state index is 0.0541. The predicted molar refractivity (Wildman–Crippen MR) is 69.3 cm³/mol. The Bertz CT molecular complexity index is 588. The van der Waals surface area contributed by atoms with Crippen LogP contribution in [0.1, 0.15) is 12.5 Å². The van der Waals surface area contributed by atoms with Crippen molar-refractivity contribution in [1.82, 2.24) is 5.32 Å². The Labute approximate surface area is 112 Å². The number of hydrogen-bond donors (Lipinski definition) is 2. The zero-order valence-corrected chi connectivity index (χ0v) is 11.3. The topological polar surface area (TPSA) is 113 Å². The molecule has 0 radical (unpaired) electrons. The molecule has 102 valence electrons. The van der Waals surface area contributed by atoms with E-state index in [2.05, 4.69) is 5.32 Å². The molecule has 0 fully saturated rings. The van der Waals surface area contributed by atoms with Gasteiger partial charge in [-0.1, -0.05) is 12.1 Å². The van der Waals surface area contributed by atoms with Crippen LogP contribution in [-0.4, -0.2) is 20.9 Å². The number of nitrogens with zero attached hydrogens (tertiary/aromatic N) is 1. The highest BCUT2D eigenvalue weighted by atomic mass is 32.2. The first-order valence-corrected chi connectivity index (χ1v) is 7.18. The van der Waals surface area contributed by atoms with Gasteiger partial charge in [-0.2, -0.15) is 5.26 Å². The second kappa shape index (κ2) is 6.31. The molecular weight excluding hydrogens is 266 g/mol. The summed E-state index contributed by atoms with van der Waals surface area (Å²) in [5.41, 5.74) is 0.873. The molecule has 1 unspecified atom stereocenters. The van der Waals surface area contributed by atoms with Crippen LogP contribution < -0.4 is 10.5 Å². The zero-order valence-electron chi connectivity index (χ0n) is 10.5. The highest BCUT2D eigenvalue weighted by Gasteiger charge is 2.10. The minimum Gasteiger partial charge on any atom is -0.355 e. The summed E-state index contributed by atoms with van der Waals surface area (Å²) in [4.78, 5) is 11.4. The van der Waals surface area contributed by atoms with E-state index in [4.69, 9.17) is 10.4 Å². The number of hydrogen-bond acceptors (Lipinski definition) is 4. The van der Waals surface area contributed by atoms with Crippen LogP contribution in [0.25, 0.3) is 0 Å². The van der Waals surface area contributed by atoms with Crippen molar-refractivity contribution in [2.45, 2.75) is 18.2 Å². The van der Waals surface area contributed by atoms with Crippen LogP contribution in [0, 0.1) is 17.2 Å². The third kappa shape index (κ3) is 4.69. The molecule has 1 amide bonds. The summed E-state index contributed by atoms with van der Waals surface area (Å²) in [6.45, 7) is 1.91. The largest absolute Gasteiger partial charge is 0.355 e. The number of benzene rings is 1. The Morgan fingerprint density at radius 2 is 2.00 bits per heavy atom. The van der Waals surface area contributed by atoms with Crippen molar-refractivity contribution < 1.29 is 13.2 Å². The number of amides is 1. The Kier molecular flexibility index (Phi) is 5.03. The van der Waals surface area contributed by atoms with E-state index in [0.717, 1.165) is 5.56 Å². The summed E-state index contributed by atoms with van der Waals surface area (Å²) in [5, 5.41) is 16.2. The van der Waals surface area contributed by atoms with Crippen LogP contribution in [0.5, 0.6) is 0 Å². The van der Waals surface area contributed by atoms with Gasteiger partial charge in [-0.25, -0.2) is 13.6 Å². The van der Waals surface area contributed by atoms with Crippen molar-refractivity contribution in [1.29, 1.82) is 5.26 Å². The van der Waals surface area contributed by atoms with Gasteiger partial charge in [0, 0.05) is 6.54 Å². The lowest BCUT2D eigenvalue weighted by atomic mass is 10.1. The van der Waals surface area contributed by atoms with Crippen molar-refractivity contribution >= 4 is 15.9 Å². The molecule has 3 N–H and O–H groups in total. The molecule has 1 aromatic carbocycles. The first kappa shape index (κ1) is 15.1. The Morgan fingerprint density at radius 1 is 1.42 bits per heavy atom. The maximum atomic E-state index is 11.3. The molecule has 0 bridgehead atoms. The fourth-order valence-electron chi connectivity index (χ4n) is 1.39. The van der Waals surface area contributed by atoms with E-state index in [1.807, 2.05) is 6.07 Å². The normalized spacial score (nSPS) is 12.5. The average Bonchev–Trinajstić information content (AvgIpc) is 2.37. The van der Waals surface area contributed by atoms with E-state index in [0.29, 0.717) is 13.0 Å². The number of sulfonamides is 1. The lowest BCUT2D eigenvalue weighted by Gasteiger charge is -2.06. The molecular formula is C12H15N3O3S. The number of rotatable bonds is 5. The molecule has 0 saturated carbocycles. The third-order valence-electron chi connectivity index (χ3n) is 2.55. The van der Waals surface area contributed by atoms with Crippen LogP contribution in [0.15, 0.2) is 29.2 Å². The van der Waals surface area contributed by atoms with Gasteiger partial charge in [0.1, 0.15) is 5.92 Å². The lowest BCUT2D eigenvalue weighted by Crippen LogP contribution is -2.30. The standard InChI is InChI=1S/C12H15N3O3S/c1-9(8-13)12(16)15-7-6-10-2-4-11(5-3-10)19(14,17)18/h2-5,9H,6-7H2,1H3,(H,15,16)(H2,14,17,18). The second-order valence-corrected chi connectivity index (χ2v) is 5.64. The summed E-state index contributed by atoms with van der Waals surface area (Å²) in [7, 11) is -3.67. The molecule has 19 heavy (non-hydrogen) atoms. The third-order valence-corrected chi connectivity index (χ3v) is 3.48. The summed E-state index contributed by atoms with van der Waals surface area (Å²) < 4.78 is 22.1. The van der Waals surface area contributed by atoms with E-state index >= 15 is 0 Å². The number of nitriles is 1. The van der Waals surface area contributed by atoms with Gasteiger partial charge in [-0.15, -0.1) is 0 Å². The van der Waals surface area contributed by atoms with Gasteiger partial charge in [0.2, 0.25) is 15.9 Å². The van der Waals surface area contributed by atoms with Gasteiger partial charge in [0.25, 0.3) is 0 Å². The number of primary sulfonamides is 1. The van der Waals surface area contributed by atoms with Gasteiger partial charge in [-0.3, -0.25) is 4.79 Å². The van der Waals surface area contributed by atoms with Crippen LogP contribution in [0.3, 0.4) is 0 Å². The van der Waals surface area contributed by atoms with Crippen molar-refractivity contribution in [3.63, 3.8) is 0 Å². The van der Waals surface area contributed by atoms with Gasteiger partial charge in [0.15, 0.2) is 0 Å². The Hall–Kier alpha value is -1.91. The maximum absolute atomic E-state index is 11.3. The zero-order chi connectivity index (χ0) is 14.5. The molecule has 0 aromatic heterocycles. The molecule has 7 heteroatoms. The molecule has 0 saturated heterocycles. The first-order valence-electron chi connectivity index (χ1n) is 5.63. The second-order valence-electron chi connectivity index (χ2n) is 4.08. The number of nitrogens with one attached hydrogen (secondary N) is 1. The Balaban J connectivity index is 2.52. The van der Waals surface area contributed by atoms with E-state index in [-0.39, 0.29) is 10.8 Å². The summed E-state index contributed by atoms with van der Waals surface area (Å²) in [5.74, 6) is -0.992. The predicted octanol–water partition coefficient (Wildman–Crippen LogP) is 0.152. The fourth-order valence-corrected chi connectivity index (χ4v) is 1.90. The van der Waals surface area contributed by atoms with E-state index in [1.165, 1.54) is 19.1 Å². The molecule has 0 spiro atoms. The molecule has 1 rings (SSSR count). The average molecular weight is 281 g/mol. The Morgan fingerprint density at radius 3 is 2.47 bits per heavy atom. The van der Waals surface area contributed by atoms with E-state index in [9.17, 15) is 13.2 Å². The molecule has 1 aromatic rings. The molecule has 0 aliphatic rings. The maximum Gasteiger partial charge on any atom is 0.238 e. The van der Waals surface area contributed by atoms with Gasteiger partial charge in [-0.05, 0) is 31.0 Å². The SMILES string of the molecule is CC(C#N)C(=O)NCCc1ccc(S(N)(=O)=O)cc1. The number of carbonyl (C=O) groups is 1. The highest BCUT2D eigenvalue weighted by Crippen LogP contribution is 2.08. The first-order chi connectivity index (χ1) is 8.84. The summed E-state index contributed by atoms with van der Waals surface area (Å²) >= 11 is 0. The minimum atomic E-state index is -3.67. The monoisotopic (exact) mass is 281 g/mol. The van der Waals surface area contributed by atoms with Crippen molar-refractivity contribution in [2.24, 2.45) is 11.1 Å². The van der Waals surface area contributed by atoms with E-state index in [1.54, 1.807) is 12.1 Å². The molecule has 6 nitrogen and oxygen atoms in total. The van der Waals surface area contributed by atoms with Crippen LogP contribution in [-0.2, 0) is 21.2 Å². The fraction of sp³-hybridized carbons (Fsp3) is 0.333. The van der Waals surface area contributed by atoms with Gasteiger partial charge in [0.05, 0.1) is 11.0 Å². The smallest absolute Gasteiger partial charge is 0.238 e. The van der Waals surface area contributed by atoms with Crippen LogP contribution >= 0.6 is 0 Å². The van der Waals surface area contributed by atoms with Gasteiger partial charge < -0.3 is 5.32 Å². The molecule has 0 aliphatic carbocycles. The molecule has 1 atom stereocenters. The quantitative estimate of drug-likeness (QED) is 0.799. The van der Waals surface area contributed by atoms with Crippen molar-refractivity contribution in [3.8, 4) is 6.07 Å². The van der Waals surface area contributed by atoms with Gasteiger partial charge >= 0.3 is 0 Å². The highest BCUT2D eigenvalue weighted by molar-refractivity contribution is 7.89.